The molecule has 0 radical (unpaired) electrons. The van der Waals surface area contributed by atoms with Gasteiger partial charge in [0.15, 0.2) is 5.13 Å². The molecular formula is C22H25ClN4OS. The van der Waals surface area contributed by atoms with Crippen molar-refractivity contribution in [1.82, 2.24) is 4.98 Å². The van der Waals surface area contributed by atoms with E-state index in [1.54, 1.807) is 0 Å². The standard InChI is InChI=1S/C22H25ClN4OS/c1-5-14-10-9-11-15(6-2)18(14)24-21(28)26-20-19(25-22(29-20)27(3)4)16-12-7-8-13-17(16)23/h7-13H,5-6H2,1-4H3,(H2,24,26,28). The van der Waals surface area contributed by atoms with Crippen LogP contribution in [0.5, 0.6) is 0 Å². The monoisotopic (exact) mass is 428 g/mol. The van der Waals surface area contributed by atoms with Gasteiger partial charge in [-0.3, -0.25) is 5.32 Å². The van der Waals surface area contributed by atoms with Gasteiger partial charge in [0.25, 0.3) is 0 Å². The van der Waals surface area contributed by atoms with Crippen LogP contribution in [-0.2, 0) is 12.8 Å². The highest BCUT2D eigenvalue weighted by molar-refractivity contribution is 7.20. The number of aryl methyl sites for hydroxylation is 2. The zero-order valence-corrected chi connectivity index (χ0v) is 18.6. The predicted octanol–water partition coefficient (Wildman–Crippen LogP) is 6.30. The van der Waals surface area contributed by atoms with Crippen LogP contribution in [0.15, 0.2) is 42.5 Å². The van der Waals surface area contributed by atoms with E-state index in [0.29, 0.717) is 15.7 Å². The number of rotatable bonds is 6. The quantitative estimate of drug-likeness (QED) is 0.484. The Balaban J connectivity index is 1.93. The highest BCUT2D eigenvalue weighted by Gasteiger charge is 2.19. The number of aromatic nitrogens is 1. The molecule has 0 fully saturated rings. The minimum atomic E-state index is -0.289. The van der Waals surface area contributed by atoms with Crippen molar-refractivity contribution in [2.24, 2.45) is 0 Å². The van der Waals surface area contributed by atoms with E-state index >= 15 is 0 Å². The summed E-state index contributed by atoms with van der Waals surface area (Å²) in [5.41, 5.74) is 4.57. The number of nitrogens with one attached hydrogen (secondary N) is 2. The molecule has 0 bridgehead atoms. The van der Waals surface area contributed by atoms with E-state index in [9.17, 15) is 4.79 Å². The maximum absolute atomic E-state index is 12.9. The van der Waals surface area contributed by atoms with Crippen LogP contribution in [-0.4, -0.2) is 25.1 Å². The van der Waals surface area contributed by atoms with Crippen molar-refractivity contribution in [3.63, 3.8) is 0 Å². The van der Waals surface area contributed by atoms with E-state index < -0.39 is 0 Å². The molecule has 2 amide bonds. The lowest BCUT2D eigenvalue weighted by molar-refractivity contribution is 0.262. The van der Waals surface area contributed by atoms with Gasteiger partial charge in [-0.15, -0.1) is 0 Å². The Hall–Kier alpha value is -2.57. The molecule has 3 aromatic rings. The van der Waals surface area contributed by atoms with Crippen molar-refractivity contribution < 1.29 is 4.79 Å². The van der Waals surface area contributed by atoms with Gasteiger partial charge >= 0.3 is 6.03 Å². The topological polar surface area (TPSA) is 57.3 Å². The van der Waals surface area contributed by atoms with Crippen LogP contribution in [0.25, 0.3) is 11.3 Å². The molecule has 0 spiro atoms. The van der Waals surface area contributed by atoms with Crippen molar-refractivity contribution in [2.75, 3.05) is 29.6 Å². The summed E-state index contributed by atoms with van der Waals surface area (Å²) in [6.45, 7) is 4.17. The van der Waals surface area contributed by atoms with E-state index in [4.69, 9.17) is 11.6 Å². The van der Waals surface area contributed by atoms with E-state index in [1.807, 2.05) is 61.5 Å². The minimum absolute atomic E-state index is 0.289. The number of carbonyl (C=O) groups excluding carboxylic acids is 1. The Kier molecular flexibility index (Phi) is 6.77. The molecule has 152 valence electrons. The van der Waals surface area contributed by atoms with Gasteiger partial charge in [-0.25, -0.2) is 9.78 Å². The van der Waals surface area contributed by atoms with Crippen LogP contribution in [0.1, 0.15) is 25.0 Å². The molecule has 7 heteroatoms. The number of urea groups is 1. The van der Waals surface area contributed by atoms with Crippen LogP contribution < -0.4 is 15.5 Å². The van der Waals surface area contributed by atoms with Gasteiger partial charge in [-0.1, -0.05) is 73.2 Å². The zero-order valence-electron chi connectivity index (χ0n) is 17.0. The third-order valence-corrected chi connectivity index (χ3v) is 6.06. The highest BCUT2D eigenvalue weighted by Crippen LogP contribution is 2.39. The van der Waals surface area contributed by atoms with E-state index in [-0.39, 0.29) is 6.03 Å². The number of para-hydroxylation sites is 1. The lowest BCUT2D eigenvalue weighted by Crippen LogP contribution is -2.21. The molecular weight excluding hydrogens is 404 g/mol. The van der Waals surface area contributed by atoms with Gasteiger partial charge in [0.1, 0.15) is 10.7 Å². The van der Waals surface area contributed by atoms with Gasteiger partial charge in [-0.05, 0) is 30.0 Å². The fraction of sp³-hybridized carbons (Fsp3) is 0.273. The number of halogens is 1. The Labute approximate surface area is 180 Å². The van der Waals surface area contributed by atoms with Gasteiger partial charge in [-0.2, -0.15) is 0 Å². The van der Waals surface area contributed by atoms with Crippen LogP contribution in [0, 0.1) is 0 Å². The Bertz CT molecular complexity index is 994. The molecule has 0 saturated carbocycles. The summed E-state index contributed by atoms with van der Waals surface area (Å²) in [4.78, 5) is 19.5. The van der Waals surface area contributed by atoms with E-state index in [2.05, 4.69) is 29.5 Å². The zero-order chi connectivity index (χ0) is 21.0. The van der Waals surface area contributed by atoms with Crippen molar-refractivity contribution in [3.8, 4) is 11.3 Å². The highest BCUT2D eigenvalue weighted by atomic mass is 35.5. The second-order valence-corrected chi connectivity index (χ2v) is 8.17. The number of anilines is 3. The lowest BCUT2D eigenvalue weighted by Gasteiger charge is -2.15. The molecule has 1 heterocycles. The third kappa shape index (κ3) is 4.71. The first-order chi connectivity index (χ1) is 13.9. The van der Waals surface area contributed by atoms with Crippen molar-refractivity contribution >= 4 is 44.8 Å². The second-order valence-electron chi connectivity index (χ2n) is 6.79. The second kappa shape index (κ2) is 9.29. The molecule has 2 aromatic carbocycles. The average Bonchev–Trinajstić information content (AvgIpc) is 3.12. The van der Waals surface area contributed by atoms with Crippen LogP contribution >= 0.6 is 22.9 Å². The summed E-state index contributed by atoms with van der Waals surface area (Å²) < 4.78 is 0. The summed E-state index contributed by atoms with van der Waals surface area (Å²) in [5, 5.41) is 8.07. The molecule has 3 rings (SSSR count). The Morgan fingerprint density at radius 1 is 1.03 bits per heavy atom. The number of hydrogen-bond donors (Lipinski definition) is 2. The fourth-order valence-electron chi connectivity index (χ4n) is 3.07. The third-order valence-electron chi connectivity index (χ3n) is 4.59. The molecule has 0 aliphatic carbocycles. The summed E-state index contributed by atoms with van der Waals surface area (Å²) >= 11 is 7.80. The normalized spacial score (nSPS) is 10.7. The molecule has 0 saturated heterocycles. The Morgan fingerprint density at radius 2 is 1.69 bits per heavy atom. The number of thiazole rings is 1. The summed E-state index contributed by atoms with van der Waals surface area (Å²) in [6, 6.07) is 13.3. The van der Waals surface area contributed by atoms with Gasteiger partial charge in [0, 0.05) is 25.3 Å². The van der Waals surface area contributed by atoms with Crippen molar-refractivity contribution in [1.29, 1.82) is 0 Å². The summed E-state index contributed by atoms with van der Waals surface area (Å²) in [5.74, 6) is 0. The van der Waals surface area contributed by atoms with Crippen LogP contribution in [0.3, 0.4) is 0 Å². The van der Waals surface area contributed by atoms with Crippen LogP contribution in [0.2, 0.25) is 5.02 Å². The number of hydrogen-bond acceptors (Lipinski definition) is 4. The smallest absolute Gasteiger partial charge is 0.324 e. The largest absolute Gasteiger partial charge is 0.354 e. The van der Waals surface area contributed by atoms with Crippen molar-refractivity contribution in [2.45, 2.75) is 26.7 Å². The summed E-state index contributed by atoms with van der Waals surface area (Å²) in [7, 11) is 3.84. The van der Waals surface area contributed by atoms with Gasteiger partial charge in [0.05, 0.1) is 5.02 Å². The first kappa shape index (κ1) is 21.1. The molecule has 5 nitrogen and oxygen atoms in total. The first-order valence-electron chi connectivity index (χ1n) is 9.56. The molecule has 0 atom stereocenters. The van der Waals surface area contributed by atoms with Crippen LogP contribution in [0.4, 0.5) is 20.6 Å². The number of carbonyl (C=O) groups is 1. The fourth-order valence-corrected chi connectivity index (χ4v) is 4.19. The first-order valence-corrected chi connectivity index (χ1v) is 10.8. The predicted molar refractivity (Wildman–Crippen MR) is 125 cm³/mol. The Morgan fingerprint density at radius 3 is 2.28 bits per heavy atom. The lowest BCUT2D eigenvalue weighted by atomic mass is 10.0. The molecule has 2 N–H and O–H groups in total. The molecule has 0 aliphatic rings. The number of benzene rings is 2. The molecule has 1 aromatic heterocycles. The van der Waals surface area contributed by atoms with E-state index in [0.717, 1.165) is 40.4 Å². The number of nitrogens with zero attached hydrogens (tertiary/aromatic N) is 2. The summed E-state index contributed by atoms with van der Waals surface area (Å²) in [6.07, 6.45) is 1.69. The molecule has 29 heavy (non-hydrogen) atoms. The maximum Gasteiger partial charge on any atom is 0.324 e. The molecule has 0 unspecified atom stereocenters. The van der Waals surface area contributed by atoms with Crippen molar-refractivity contribution in [3.05, 3.63) is 58.6 Å². The van der Waals surface area contributed by atoms with Gasteiger partial charge < -0.3 is 10.2 Å². The molecule has 0 aliphatic heterocycles. The number of amides is 2. The maximum atomic E-state index is 12.9. The SMILES string of the molecule is CCc1cccc(CC)c1NC(=O)Nc1sc(N(C)C)nc1-c1ccccc1Cl. The average molecular weight is 429 g/mol. The van der Waals surface area contributed by atoms with E-state index in [1.165, 1.54) is 11.3 Å². The minimum Gasteiger partial charge on any atom is -0.354 e. The van der Waals surface area contributed by atoms with Gasteiger partial charge in [0.2, 0.25) is 0 Å².